The quantitative estimate of drug-likeness (QED) is 0.563. The van der Waals surface area contributed by atoms with Gasteiger partial charge in [-0.1, -0.05) is 6.07 Å². The Bertz CT molecular complexity index is 1070. The Labute approximate surface area is 142 Å². The van der Waals surface area contributed by atoms with E-state index in [0.29, 0.717) is 15.4 Å². The number of nitrogens with two attached hydrogens (primary N) is 1. The molecule has 0 atom stereocenters. The van der Waals surface area contributed by atoms with E-state index in [4.69, 9.17) is 10.2 Å². The minimum Gasteiger partial charge on any atom is -0.415 e. The Balaban J connectivity index is 1.76. The molecule has 3 aromatic heterocycles. The summed E-state index contributed by atoms with van der Waals surface area (Å²) < 4.78 is 44.1. The summed E-state index contributed by atoms with van der Waals surface area (Å²) in [6.07, 6.45) is -2.80. The van der Waals surface area contributed by atoms with Crippen molar-refractivity contribution >= 4 is 27.2 Å². The van der Waals surface area contributed by atoms with Gasteiger partial charge in [0.1, 0.15) is 9.71 Å². The Hall–Kier alpha value is -2.94. The summed E-state index contributed by atoms with van der Waals surface area (Å²) in [6, 6.07) is 8.30. The van der Waals surface area contributed by atoms with Gasteiger partial charge in [0.05, 0.1) is 11.3 Å². The number of halogens is 3. The van der Waals surface area contributed by atoms with Crippen molar-refractivity contribution in [3.8, 4) is 22.2 Å². The summed E-state index contributed by atoms with van der Waals surface area (Å²) in [4.78, 5) is 5.47. The lowest BCUT2D eigenvalue weighted by atomic mass is 10.1. The van der Waals surface area contributed by atoms with Crippen LogP contribution in [0.15, 0.2) is 47.0 Å². The van der Waals surface area contributed by atoms with E-state index in [2.05, 4.69) is 15.2 Å². The van der Waals surface area contributed by atoms with Gasteiger partial charge in [-0.25, -0.2) is 4.98 Å². The second-order valence-electron chi connectivity index (χ2n) is 5.19. The molecule has 0 aliphatic rings. The van der Waals surface area contributed by atoms with Crippen LogP contribution < -0.4 is 5.73 Å². The van der Waals surface area contributed by atoms with E-state index in [-0.39, 0.29) is 17.3 Å². The highest BCUT2D eigenvalue weighted by molar-refractivity contribution is 7.22. The molecule has 0 unspecified atom stereocenters. The third kappa shape index (κ3) is 2.72. The summed E-state index contributed by atoms with van der Waals surface area (Å²) in [6.45, 7) is 0. The summed E-state index contributed by atoms with van der Waals surface area (Å²) in [5.74, 6) is 0.138. The number of alkyl halides is 3. The zero-order valence-electron chi connectivity index (χ0n) is 12.4. The molecule has 126 valence electrons. The van der Waals surface area contributed by atoms with Crippen molar-refractivity contribution in [2.24, 2.45) is 0 Å². The van der Waals surface area contributed by atoms with Gasteiger partial charge >= 0.3 is 6.18 Å². The molecule has 9 heteroatoms. The third-order valence-corrected chi connectivity index (χ3v) is 4.68. The minimum absolute atomic E-state index is 0.00841. The Morgan fingerprint density at radius 3 is 2.60 bits per heavy atom. The highest BCUT2D eigenvalue weighted by Gasteiger charge is 2.31. The summed E-state index contributed by atoms with van der Waals surface area (Å²) in [7, 11) is 0. The number of hydrogen-bond donors (Lipinski definition) is 1. The van der Waals surface area contributed by atoms with Crippen LogP contribution in [0.4, 0.5) is 18.9 Å². The molecule has 0 aliphatic heterocycles. The first-order chi connectivity index (χ1) is 11.9. The van der Waals surface area contributed by atoms with Crippen LogP contribution >= 0.6 is 11.3 Å². The van der Waals surface area contributed by atoms with Gasteiger partial charge in [0.2, 0.25) is 5.89 Å². The number of pyridine rings is 1. The average Bonchev–Trinajstić information content (AvgIpc) is 3.20. The van der Waals surface area contributed by atoms with Crippen molar-refractivity contribution in [1.29, 1.82) is 0 Å². The number of hydrogen-bond acceptors (Lipinski definition) is 6. The van der Waals surface area contributed by atoms with Crippen molar-refractivity contribution in [1.82, 2.24) is 15.2 Å². The fourth-order valence-electron chi connectivity index (χ4n) is 2.37. The first kappa shape index (κ1) is 15.6. The lowest BCUT2D eigenvalue weighted by Crippen LogP contribution is -2.04. The molecule has 4 aromatic rings. The molecule has 1 aromatic carbocycles. The van der Waals surface area contributed by atoms with Gasteiger partial charge in [0, 0.05) is 17.1 Å². The van der Waals surface area contributed by atoms with Gasteiger partial charge in [-0.15, -0.1) is 21.5 Å². The van der Waals surface area contributed by atoms with Crippen LogP contribution in [0.5, 0.6) is 0 Å². The van der Waals surface area contributed by atoms with Gasteiger partial charge in [-0.2, -0.15) is 13.2 Å². The van der Waals surface area contributed by atoms with Gasteiger partial charge in [-0.05, 0) is 30.3 Å². The molecule has 0 radical (unpaired) electrons. The normalized spacial score (nSPS) is 12.0. The number of thiophene rings is 1. The molecule has 0 fully saturated rings. The van der Waals surface area contributed by atoms with E-state index in [1.807, 2.05) is 6.07 Å². The second kappa shape index (κ2) is 5.55. The largest absolute Gasteiger partial charge is 0.416 e. The number of benzene rings is 1. The highest BCUT2D eigenvalue weighted by atomic mass is 32.1. The molecule has 0 amide bonds. The number of fused-ring (bicyclic) bond motifs is 1. The van der Waals surface area contributed by atoms with Crippen molar-refractivity contribution in [2.45, 2.75) is 6.18 Å². The van der Waals surface area contributed by atoms with Crippen LogP contribution in [-0.2, 0) is 6.18 Å². The fourth-order valence-corrected chi connectivity index (χ4v) is 3.35. The number of nitrogens with zero attached hydrogens (tertiary/aromatic N) is 3. The third-order valence-electron chi connectivity index (χ3n) is 3.56. The molecule has 5 nitrogen and oxygen atoms in total. The molecule has 0 saturated heterocycles. The summed E-state index contributed by atoms with van der Waals surface area (Å²) in [5.41, 5.74) is 5.95. The Kier molecular flexibility index (Phi) is 3.46. The van der Waals surface area contributed by atoms with E-state index in [1.165, 1.54) is 23.5 Å². The predicted octanol–water partition coefficient (Wildman–Crippen LogP) is 4.61. The summed E-state index contributed by atoms with van der Waals surface area (Å²) in [5, 5.41) is 8.52. The van der Waals surface area contributed by atoms with Crippen LogP contribution in [0.3, 0.4) is 0 Å². The number of rotatable bonds is 2. The van der Waals surface area contributed by atoms with E-state index in [0.717, 1.165) is 17.5 Å². The molecule has 4 rings (SSSR count). The van der Waals surface area contributed by atoms with E-state index < -0.39 is 11.7 Å². The van der Waals surface area contributed by atoms with E-state index in [9.17, 15) is 13.2 Å². The smallest absolute Gasteiger partial charge is 0.415 e. The van der Waals surface area contributed by atoms with Crippen LogP contribution in [-0.4, -0.2) is 15.2 Å². The monoisotopic (exact) mass is 362 g/mol. The summed E-state index contributed by atoms with van der Waals surface area (Å²) >= 11 is 1.28. The zero-order valence-corrected chi connectivity index (χ0v) is 13.2. The zero-order chi connectivity index (χ0) is 17.6. The van der Waals surface area contributed by atoms with Gasteiger partial charge in [0.25, 0.3) is 5.89 Å². The lowest BCUT2D eigenvalue weighted by Gasteiger charge is -2.06. The topological polar surface area (TPSA) is 77.8 Å². The first-order valence-corrected chi connectivity index (χ1v) is 7.89. The maximum atomic E-state index is 12.8. The van der Waals surface area contributed by atoms with Gasteiger partial charge < -0.3 is 10.2 Å². The molecule has 0 aliphatic carbocycles. The molecule has 2 N–H and O–H groups in total. The fraction of sp³-hybridized carbons (Fsp3) is 0.0625. The molecule has 3 heterocycles. The predicted molar refractivity (Wildman–Crippen MR) is 87.8 cm³/mol. The van der Waals surface area contributed by atoms with Crippen LogP contribution in [0, 0.1) is 0 Å². The van der Waals surface area contributed by atoms with Crippen molar-refractivity contribution in [2.75, 3.05) is 5.73 Å². The maximum absolute atomic E-state index is 12.8. The molecular formula is C16H9F3N4OS. The van der Waals surface area contributed by atoms with Gasteiger partial charge in [0.15, 0.2) is 0 Å². The van der Waals surface area contributed by atoms with Crippen molar-refractivity contribution in [3.05, 3.63) is 48.2 Å². The van der Waals surface area contributed by atoms with Crippen LogP contribution in [0.25, 0.3) is 32.4 Å². The molecule has 0 saturated carbocycles. The minimum atomic E-state index is -4.44. The maximum Gasteiger partial charge on any atom is 0.416 e. The molecule has 0 bridgehead atoms. The highest BCUT2D eigenvalue weighted by Crippen LogP contribution is 2.40. The molecule has 25 heavy (non-hydrogen) atoms. The number of nitrogen functional groups attached to an aromatic ring is 1. The Morgan fingerprint density at radius 1 is 1.04 bits per heavy atom. The standard InChI is InChI=1S/C16H9F3N4OS/c17-16(18,19)9-4-1-3-8(7-9)13-22-23-14(24-13)12-11(20)10-5-2-6-21-15(10)25-12/h1-7H,20H2. The lowest BCUT2D eigenvalue weighted by molar-refractivity contribution is -0.137. The van der Waals surface area contributed by atoms with Crippen molar-refractivity contribution < 1.29 is 17.6 Å². The molecule has 0 spiro atoms. The Morgan fingerprint density at radius 2 is 1.84 bits per heavy atom. The second-order valence-corrected chi connectivity index (χ2v) is 6.19. The first-order valence-electron chi connectivity index (χ1n) is 7.08. The molecular weight excluding hydrogens is 353 g/mol. The van der Waals surface area contributed by atoms with E-state index >= 15 is 0 Å². The van der Waals surface area contributed by atoms with Crippen LogP contribution in [0.2, 0.25) is 0 Å². The number of anilines is 1. The SMILES string of the molecule is Nc1c(-c2nnc(-c3cccc(C(F)(F)F)c3)o2)sc2ncccc12. The average molecular weight is 362 g/mol. The number of aromatic nitrogens is 3. The van der Waals surface area contributed by atoms with Crippen molar-refractivity contribution in [3.63, 3.8) is 0 Å². The van der Waals surface area contributed by atoms with Gasteiger partial charge in [-0.3, -0.25) is 0 Å². The van der Waals surface area contributed by atoms with Crippen LogP contribution in [0.1, 0.15) is 5.56 Å². The van der Waals surface area contributed by atoms with E-state index in [1.54, 1.807) is 12.3 Å².